The van der Waals surface area contributed by atoms with Crippen LogP contribution in [0, 0.1) is 12.7 Å². The van der Waals surface area contributed by atoms with Gasteiger partial charge in [0.2, 0.25) is 0 Å². The van der Waals surface area contributed by atoms with Crippen LogP contribution in [0.15, 0.2) is 18.2 Å². The van der Waals surface area contributed by atoms with Gasteiger partial charge in [0.15, 0.2) is 0 Å². The molecule has 1 aromatic carbocycles. The molecule has 7 nitrogen and oxygen atoms in total. The number of halogens is 1. The first-order valence-corrected chi connectivity index (χ1v) is 8.51. The van der Waals surface area contributed by atoms with E-state index in [1.54, 1.807) is 6.07 Å². The number of nitrogens with one attached hydrogen (secondary N) is 2. The Balaban J connectivity index is 2.27. The van der Waals surface area contributed by atoms with Crippen molar-refractivity contribution in [3.8, 4) is 11.3 Å². The molecule has 3 aromatic rings. The minimum absolute atomic E-state index is 0.00433. The van der Waals surface area contributed by atoms with Crippen LogP contribution in [-0.2, 0) is 6.54 Å². The molecule has 0 radical (unpaired) electrons. The number of fused-ring (bicyclic) bond motifs is 1. The van der Waals surface area contributed by atoms with Gasteiger partial charge in [0.1, 0.15) is 17.2 Å². The molecule has 0 amide bonds. The number of nitrogens with two attached hydrogens (primary N) is 1. The van der Waals surface area contributed by atoms with E-state index in [9.17, 15) is 14.3 Å². The Morgan fingerprint density at radius 3 is 2.59 bits per heavy atom. The average molecular weight is 371 g/mol. The third-order valence-electron chi connectivity index (χ3n) is 4.06. The van der Waals surface area contributed by atoms with E-state index in [1.165, 1.54) is 12.1 Å². The van der Waals surface area contributed by atoms with Gasteiger partial charge >= 0.3 is 5.97 Å². The van der Waals surface area contributed by atoms with E-state index in [0.29, 0.717) is 33.9 Å². The summed E-state index contributed by atoms with van der Waals surface area (Å²) < 4.78 is 14.7. The highest BCUT2D eigenvalue weighted by atomic mass is 19.1. The van der Waals surface area contributed by atoms with Gasteiger partial charge in [-0.1, -0.05) is 0 Å². The lowest BCUT2D eigenvalue weighted by molar-refractivity contribution is 0.0696. The van der Waals surface area contributed by atoms with Crippen molar-refractivity contribution in [2.24, 2.45) is 5.73 Å². The second-order valence-electron chi connectivity index (χ2n) is 7.41. The highest BCUT2D eigenvalue weighted by molar-refractivity contribution is 5.96. The third kappa shape index (κ3) is 3.61. The molecule has 0 bridgehead atoms. The van der Waals surface area contributed by atoms with Gasteiger partial charge < -0.3 is 21.1 Å². The summed E-state index contributed by atoms with van der Waals surface area (Å²) in [5.41, 5.74) is 7.71. The maximum atomic E-state index is 14.7. The molecule has 142 valence electrons. The van der Waals surface area contributed by atoms with Gasteiger partial charge in [0, 0.05) is 17.8 Å². The molecule has 3 rings (SSSR count). The summed E-state index contributed by atoms with van der Waals surface area (Å²) in [6.07, 6.45) is 0. The second-order valence-corrected chi connectivity index (χ2v) is 7.41. The summed E-state index contributed by atoms with van der Waals surface area (Å²) in [6, 6.07) is 4.23. The van der Waals surface area contributed by atoms with E-state index in [4.69, 9.17) is 5.73 Å². The highest BCUT2D eigenvalue weighted by Gasteiger charge is 2.21. The Kier molecular flexibility index (Phi) is 4.61. The number of hydrogen-bond acceptors (Lipinski definition) is 5. The first-order chi connectivity index (χ1) is 12.6. The van der Waals surface area contributed by atoms with Crippen LogP contribution in [0.5, 0.6) is 0 Å². The number of anilines is 1. The second kappa shape index (κ2) is 6.62. The van der Waals surface area contributed by atoms with Crippen molar-refractivity contribution in [1.29, 1.82) is 0 Å². The number of H-pyrrole nitrogens is 1. The zero-order chi connectivity index (χ0) is 19.9. The van der Waals surface area contributed by atoms with E-state index < -0.39 is 11.8 Å². The van der Waals surface area contributed by atoms with Crippen LogP contribution in [0.1, 0.15) is 42.5 Å². The van der Waals surface area contributed by atoms with Gasteiger partial charge in [-0.05, 0) is 45.9 Å². The Hall–Kier alpha value is -3.00. The molecule has 0 fully saturated rings. The van der Waals surface area contributed by atoms with Crippen molar-refractivity contribution in [1.82, 2.24) is 15.0 Å². The molecule has 0 saturated heterocycles. The minimum atomic E-state index is -1.13. The van der Waals surface area contributed by atoms with E-state index in [0.717, 1.165) is 0 Å². The number of aromatic amines is 1. The Morgan fingerprint density at radius 1 is 1.33 bits per heavy atom. The number of aryl methyl sites for hydroxylation is 1. The number of carboxylic acid groups (broad SMARTS) is 1. The van der Waals surface area contributed by atoms with E-state index in [1.807, 2.05) is 27.7 Å². The fourth-order valence-corrected chi connectivity index (χ4v) is 2.90. The van der Waals surface area contributed by atoms with Gasteiger partial charge in [-0.3, -0.25) is 0 Å². The van der Waals surface area contributed by atoms with Crippen LogP contribution in [0.3, 0.4) is 0 Å². The number of carboxylic acids is 1. The number of hydrogen-bond donors (Lipinski definition) is 4. The Morgan fingerprint density at radius 2 is 2.04 bits per heavy atom. The lowest BCUT2D eigenvalue weighted by Crippen LogP contribution is -2.27. The largest absolute Gasteiger partial charge is 0.478 e. The van der Waals surface area contributed by atoms with Gasteiger partial charge in [-0.15, -0.1) is 0 Å². The molecule has 0 atom stereocenters. The molecule has 2 aromatic heterocycles. The number of carbonyl (C=O) groups is 1. The fourth-order valence-electron chi connectivity index (χ4n) is 2.90. The summed E-state index contributed by atoms with van der Waals surface area (Å²) in [5.74, 6) is -1.11. The van der Waals surface area contributed by atoms with Crippen molar-refractivity contribution in [2.75, 3.05) is 5.32 Å². The van der Waals surface area contributed by atoms with Crippen LogP contribution >= 0.6 is 0 Å². The SMILES string of the molecule is Cc1nc2ccc(F)c(-c3cc(C(=O)O)c(CN)[nH]3)c2nc1NC(C)(C)C. The van der Waals surface area contributed by atoms with E-state index in [-0.39, 0.29) is 23.2 Å². The van der Waals surface area contributed by atoms with E-state index in [2.05, 4.69) is 20.3 Å². The van der Waals surface area contributed by atoms with Crippen LogP contribution in [0.25, 0.3) is 22.3 Å². The average Bonchev–Trinajstić information content (AvgIpc) is 2.99. The number of benzene rings is 1. The van der Waals surface area contributed by atoms with Crippen molar-refractivity contribution >= 4 is 22.8 Å². The molecule has 0 unspecified atom stereocenters. The number of nitrogens with zero attached hydrogens (tertiary/aromatic N) is 2. The van der Waals surface area contributed by atoms with Crippen LogP contribution < -0.4 is 11.1 Å². The standard InChI is InChI=1S/C19H22FN5O2/c1-9-17(25-19(2,3)4)24-16-12(22-9)6-5-11(20)15(16)13-7-10(18(26)27)14(8-21)23-13/h5-7,23H,8,21H2,1-4H3,(H,24,25)(H,26,27). The van der Waals surface area contributed by atoms with Gasteiger partial charge in [0.25, 0.3) is 0 Å². The predicted octanol–water partition coefficient (Wildman–Crippen LogP) is 3.44. The summed E-state index contributed by atoms with van der Waals surface area (Å²) >= 11 is 0. The summed E-state index contributed by atoms with van der Waals surface area (Å²) in [5, 5.41) is 12.6. The topological polar surface area (TPSA) is 117 Å². The summed E-state index contributed by atoms with van der Waals surface area (Å²) in [6.45, 7) is 7.79. The van der Waals surface area contributed by atoms with Crippen molar-refractivity contribution in [3.63, 3.8) is 0 Å². The zero-order valence-corrected chi connectivity index (χ0v) is 15.6. The Labute approximate surface area is 155 Å². The molecule has 0 aliphatic carbocycles. The molecule has 0 spiro atoms. The maximum Gasteiger partial charge on any atom is 0.337 e. The molecular formula is C19H22FN5O2. The molecule has 2 heterocycles. The predicted molar refractivity (Wildman–Crippen MR) is 102 cm³/mol. The van der Waals surface area contributed by atoms with Crippen LogP contribution in [-0.4, -0.2) is 31.6 Å². The quantitative estimate of drug-likeness (QED) is 0.558. The first-order valence-electron chi connectivity index (χ1n) is 8.51. The molecule has 27 heavy (non-hydrogen) atoms. The lowest BCUT2D eigenvalue weighted by atomic mass is 10.1. The smallest absolute Gasteiger partial charge is 0.337 e. The van der Waals surface area contributed by atoms with E-state index >= 15 is 0 Å². The summed E-state index contributed by atoms with van der Waals surface area (Å²) in [7, 11) is 0. The van der Waals surface area contributed by atoms with Crippen LogP contribution in [0.4, 0.5) is 10.2 Å². The molecule has 0 aliphatic heterocycles. The van der Waals surface area contributed by atoms with Crippen molar-refractivity contribution in [3.05, 3.63) is 41.0 Å². The fraction of sp³-hybridized carbons (Fsp3) is 0.316. The number of aromatic nitrogens is 3. The molecule has 5 N–H and O–H groups in total. The van der Waals surface area contributed by atoms with Crippen molar-refractivity contribution in [2.45, 2.75) is 39.8 Å². The number of rotatable bonds is 4. The van der Waals surface area contributed by atoms with Gasteiger partial charge in [-0.25, -0.2) is 19.2 Å². The maximum absolute atomic E-state index is 14.7. The summed E-state index contributed by atoms with van der Waals surface area (Å²) in [4.78, 5) is 23.5. The number of aromatic carboxylic acids is 1. The van der Waals surface area contributed by atoms with Gasteiger partial charge in [-0.2, -0.15) is 0 Å². The van der Waals surface area contributed by atoms with Gasteiger partial charge in [0.05, 0.1) is 28.0 Å². The molecule has 0 saturated carbocycles. The molecule has 8 heteroatoms. The minimum Gasteiger partial charge on any atom is -0.478 e. The third-order valence-corrected chi connectivity index (χ3v) is 4.06. The van der Waals surface area contributed by atoms with Crippen molar-refractivity contribution < 1.29 is 14.3 Å². The molecular weight excluding hydrogens is 349 g/mol. The zero-order valence-electron chi connectivity index (χ0n) is 15.6. The normalized spacial score (nSPS) is 11.8. The lowest BCUT2D eigenvalue weighted by Gasteiger charge is -2.22. The van der Waals surface area contributed by atoms with Crippen LogP contribution in [0.2, 0.25) is 0 Å². The highest BCUT2D eigenvalue weighted by Crippen LogP contribution is 2.32. The molecule has 0 aliphatic rings. The first kappa shape index (κ1) is 18.8. The Bertz CT molecular complexity index is 1040. The monoisotopic (exact) mass is 371 g/mol.